The van der Waals surface area contributed by atoms with E-state index >= 15 is 0 Å². The zero-order valence-corrected chi connectivity index (χ0v) is 16.2. The Morgan fingerprint density at radius 2 is 1.85 bits per heavy atom. The number of pyridine rings is 1. The molecule has 1 amide bonds. The van der Waals surface area contributed by atoms with Crippen LogP contribution in [0.15, 0.2) is 24.3 Å². The summed E-state index contributed by atoms with van der Waals surface area (Å²) in [4.78, 5) is 17.0. The van der Waals surface area contributed by atoms with Crippen LogP contribution in [0.2, 0.25) is 0 Å². The fraction of sp³-hybridized carbons (Fsp3) is 0.381. The number of amides is 1. The third-order valence-corrected chi connectivity index (χ3v) is 4.52. The molecule has 0 radical (unpaired) electrons. The van der Waals surface area contributed by atoms with Crippen molar-refractivity contribution in [2.45, 2.75) is 53.9 Å². The Morgan fingerprint density at radius 3 is 2.58 bits per heavy atom. The van der Waals surface area contributed by atoms with Crippen molar-refractivity contribution in [1.82, 2.24) is 14.8 Å². The molecule has 5 nitrogen and oxygen atoms in total. The van der Waals surface area contributed by atoms with Gasteiger partial charge in [-0.25, -0.2) is 4.98 Å². The number of carbonyl (C=O) groups excluding carboxylic acids is 1. The molecule has 0 fully saturated rings. The number of hydrogen-bond acceptors (Lipinski definition) is 3. The third-order valence-electron chi connectivity index (χ3n) is 4.52. The highest BCUT2D eigenvalue weighted by Gasteiger charge is 2.14. The predicted octanol–water partition coefficient (Wildman–Crippen LogP) is 4.78. The molecule has 0 atom stereocenters. The highest BCUT2D eigenvalue weighted by molar-refractivity contribution is 5.90. The molecule has 136 valence electrons. The second kappa shape index (κ2) is 7.28. The van der Waals surface area contributed by atoms with Crippen molar-refractivity contribution < 1.29 is 4.79 Å². The minimum atomic E-state index is 0.0114. The van der Waals surface area contributed by atoms with Crippen LogP contribution >= 0.6 is 0 Å². The molecular formula is C21H26N4O. The maximum Gasteiger partial charge on any atom is 0.225 e. The first-order valence-corrected chi connectivity index (χ1v) is 9.14. The van der Waals surface area contributed by atoms with Gasteiger partial charge in [-0.05, 0) is 57.4 Å². The van der Waals surface area contributed by atoms with Gasteiger partial charge in [-0.2, -0.15) is 9.78 Å². The normalized spacial score (nSPS) is 11.1. The van der Waals surface area contributed by atoms with E-state index < -0.39 is 0 Å². The van der Waals surface area contributed by atoms with Gasteiger partial charge in [0.25, 0.3) is 0 Å². The zero-order valence-electron chi connectivity index (χ0n) is 16.2. The maximum absolute atomic E-state index is 12.2. The van der Waals surface area contributed by atoms with Gasteiger partial charge < -0.3 is 5.32 Å². The Labute approximate surface area is 154 Å². The summed E-state index contributed by atoms with van der Waals surface area (Å²) in [5, 5.41) is 8.68. The van der Waals surface area contributed by atoms with E-state index in [1.807, 2.05) is 19.1 Å². The summed E-state index contributed by atoms with van der Waals surface area (Å²) in [5.41, 5.74) is 5.33. The van der Waals surface area contributed by atoms with Crippen LogP contribution in [-0.2, 0) is 4.79 Å². The Hall–Kier alpha value is -2.69. The van der Waals surface area contributed by atoms with Gasteiger partial charge in [0.1, 0.15) is 5.82 Å². The van der Waals surface area contributed by atoms with Crippen LogP contribution < -0.4 is 5.32 Å². The molecule has 0 unspecified atom stereocenters. The highest BCUT2D eigenvalue weighted by atomic mass is 16.1. The van der Waals surface area contributed by atoms with E-state index in [0.717, 1.165) is 46.4 Å². The van der Waals surface area contributed by atoms with Crippen molar-refractivity contribution in [3.8, 4) is 5.82 Å². The van der Waals surface area contributed by atoms with Crippen LogP contribution in [0.5, 0.6) is 0 Å². The number of rotatable bonds is 5. The molecule has 5 heteroatoms. The molecule has 26 heavy (non-hydrogen) atoms. The molecule has 1 aromatic carbocycles. The number of aromatic nitrogens is 3. The second-order valence-corrected chi connectivity index (χ2v) is 7.01. The molecule has 0 bridgehead atoms. The SMILES string of the molecule is CCCCC(=O)Nc1cc(C)nn1-c1cc(C)c2cc(C)cc(C)c2n1. The van der Waals surface area contributed by atoms with Crippen LogP contribution in [0.3, 0.4) is 0 Å². The lowest BCUT2D eigenvalue weighted by atomic mass is 10.0. The van der Waals surface area contributed by atoms with Gasteiger partial charge in [-0.3, -0.25) is 4.79 Å². The van der Waals surface area contributed by atoms with Gasteiger partial charge in [0, 0.05) is 17.9 Å². The molecule has 0 spiro atoms. The minimum absolute atomic E-state index is 0.0114. The van der Waals surface area contributed by atoms with E-state index in [1.165, 1.54) is 5.56 Å². The van der Waals surface area contributed by atoms with Crippen molar-refractivity contribution in [2.24, 2.45) is 0 Å². The number of benzene rings is 1. The van der Waals surface area contributed by atoms with E-state index in [0.29, 0.717) is 12.2 Å². The van der Waals surface area contributed by atoms with Crippen molar-refractivity contribution in [3.63, 3.8) is 0 Å². The smallest absolute Gasteiger partial charge is 0.225 e. The van der Waals surface area contributed by atoms with Gasteiger partial charge in [-0.1, -0.05) is 25.0 Å². The Balaban J connectivity index is 2.05. The van der Waals surface area contributed by atoms with E-state index in [9.17, 15) is 4.79 Å². The Morgan fingerprint density at radius 1 is 1.08 bits per heavy atom. The first kappa shape index (κ1) is 18.1. The first-order valence-electron chi connectivity index (χ1n) is 9.14. The molecule has 2 aromatic heterocycles. The van der Waals surface area contributed by atoms with Gasteiger partial charge >= 0.3 is 0 Å². The van der Waals surface area contributed by atoms with E-state index in [-0.39, 0.29) is 5.91 Å². The van der Waals surface area contributed by atoms with Gasteiger partial charge in [0.2, 0.25) is 5.91 Å². The van der Waals surface area contributed by atoms with E-state index in [4.69, 9.17) is 4.98 Å². The highest BCUT2D eigenvalue weighted by Crippen LogP contribution is 2.25. The minimum Gasteiger partial charge on any atom is -0.311 e. The predicted molar refractivity (Wildman–Crippen MR) is 106 cm³/mol. The Kier molecular flexibility index (Phi) is 5.07. The Bertz CT molecular complexity index is 972. The van der Waals surface area contributed by atoms with Crippen LogP contribution in [0.25, 0.3) is 16.7 Å². The fourth-order valence-corrected chi connectivity index (χ4v) is 3.24. The number of anilines is 1. The molecule has 0 aliphatic heterocycles. The van der Waals surface area contributed by atoms with Gasteiger partial charge in [-0.15, -0.1) is 0 Å². The summed E-state index contributed by atoms with van der Waals surface area (Å²) in [6.45, 7) is 10.3. The summed E-state index contributed by atoms with van der Waals surface area (Å²) in [6, 6.07) is 8.21. The molecule has 0 saturated heterocycles. The molecular weight excluding hydrogens is 324 g/mol. The zero-order chi connectivity index (χ0) is 18.8. The van der Waals surface area contributed by atoms with Crippen molar-refractivity contribution >= 4 is 22.6 Å². The molecule has 0 saturated carbocycles. The number of fused-ring (bicyclic) bond motifs is 1. The summed E-state index contributed by atoms with van der Waals surface area (Å²) in [6.07, 6.45) is 2.39. The quantitative estimate of drug-likeness (QED) is 0.720. The number of hydrogen-bond donors (Lipinski definition) is 1. The monoisotopic (exact) mass is 350 g/mol. The number of nitrogens with zero attached hydrogens (tertiary/aromatic N) is 3. The van der Waals surface area contributed by atoms with Gasteiger partial charge in [0.15, 0.2) is 5.82 Å². The average molecular weight is 350 g/mol. The molecule has 2 heterocycles. The number of aryl methyl sites for hydroxylation is 4. The number of unbranched alkanes of at least 4 members (excludes halogenated alkanes) is 1. The molecule has 3 aromatic rings. The number of carbonyl (C=O) groups is 1. The third kappa shape index (κ3) is 3.62. The average Bonchev–Trinajstić information content (AvgIpc) is 2.94. The van der Waals surface area contributed by atoms with E-state index in [1.54, 1.807) is 4.68 Å². The lowest BCUT2D eigenvalue weighted by Crippen LogP contribution is -2.15. The van der Waals surface area contributed by atoms with Gasteiger partial charge in [0.05, 0.1) is 11.2 Å². The van der Waals surface area contributed by atoms with Crippen LogP contribution in [0, 0.1) is 27.7 Å². The summed E-state index contributed by atoms with van der Waals surface area (Å²) in [5.74, 6) is 1.40. The number of nitrogens with one attached hydrogen (secondary N) is 1. The largest absolute Gasteiger partial charge is 0.311 e. The second-order valence-electron chi connectivity index (χ2n) is 7.01. The van der Waals surface area contributed by atoms with Crippen molar-refractivity contribution in [3.05, 3.63) is 46.6 Å². The van der Waals surface area contributed by atoms with E-state index in [2.05, 4.69) is 50.2 Å². The lowest BCUT2D eigenvalue weighted by Gasteiger charge is -2.12. The molecule has 0 aliphatic rings. The molecule has 3 rings (SSSR count). The molecule has 0 aliphatic carbocycles. The van der Waals surface area contributed by atoms with Crippen LogP contribution in [0.1, 0.15) is 48.6 Å². The van der Waals surface area contributed by atoms with Crippen LogP contribution in [0.4, 0.5) is 5.82 Å². The molecule has 1 N–H and O–H groups in total. The summed E-state index contributed by atoms with van der Waals surface area (Å²) < 4.78 is 1.73. The fourth-order valence-electron chi connectivity index (χ4n) is 3.24. The lowest BCUT2D eigenvalue weighted by molar-refractivity contribution is -0.116. The van der Waals surface area contributed by atoms with Crippen molar-refractivity contribution in [2.75, 3.05) is 5.32 Å². The summed E-state index contributed by atoms with van der Waals surface area (Å²) in [7, 11) is 0. The summed E-state index contributed by atoms with van der Waals surface area (Å²) >= 11 is 0. The topological polar surface area (TPSA) is 59.8 Å². The maximum atomic E-state index is 12.2. The van der Waals surface area contributed by atoms with Crippen LogP contribution in [-0.4, -0.2) is 20.7 Å². The first-order chi connectivity index (χ1) is 12.4. The van der Waals surface area contributed by atoms with Crippen molar-refractivity contribution in [1.29, 1.82) is 0 Å². The standard InChI is InChI=1S/C21H26N4O/c1-6-7-8-20(26)22-19-12-16(5)24-25(19)18-11-14(3)17-10-13(2)9-15(4)21(17)23-18/h9-12H,6-8H2,1-5H3,(H,22,26).